The van der Waals surface area contributed by atoms with Crippen LogP contribution < -0.4 is 0 Å². The van der Waals surface area contributed by atoms with Gasteiger partial charge in [0.1, 0.15) is 0 Å². The number of aliphatic hydroxyl groups is 3. The molecular weight excluding hydrogens is 378 g/mol. The molecule has 1 amide bonds. The summed E-state index contributed by atoms with van der Waals surface area (Å²) in [6.45, 7) is 4.90. The van der Waals surface area contributed by atoms with E-state index in [0.717, 1.165) is 16.7 Å². The molecule has 0 saturated carbocycles. The van der Waals surface area contributed by atoms with Crippen LogP contribution in [-0.4, -0.2) is 43.9 Å². The number of hydrogen-bond acceptors (Lipinski definition) is 4. The average Bonchev–Trinajstić information content (AvgIpc) is 2.90. The summed E-state index contributed by atoms with van der Waals surface area (Å²) >= 11 is 6.07. The molecule has 28 heavy (non-hydrogen) atoms. The summed E-state index contributed by atoms with van der Waals surface area (Å²) in [7, 11) is 0. The highest BCUT2D eigenvalue weighted by molar-refractivity contribution is 6.30. The van der Waals surface area contributed by atoms with Crippen molar-refractivity contribution in [3.8, 4) is 0 Å². The van der Waals surface area contributed by atoms with E-state index in [0.29, 0.717) is 17.1 Å². The minimum atomic E-state index is -1.31. The molecule has 0 radical (unpaired) electrons. The number of fused-ring (bicyclic) bond motifs is 1. The second-order valence-corrected chi connectivity index (χ2v) is 8.62. The van der Waals surface area contributed by atoms with E-state index in [2.05, 4.69) is 0 Å². The summed E-state index contributed by atoms with van der Waals surface area (Å²) in [6, 6.07) is 12.1. The fraction of sp³-hybridized carbons (Fsp3) is 0.409. The third-order valence-corrected chi connectivity index (χ3v) is 5.89. The lowest BCUT2D eigenvalue weighted by atomic mass is 9.82. The first-order valence-corrected chi connectivity index (χ1v) is 9.65. The van der Waals surface area contributed by atoms with Gasteiger partial charge in [-0.15, -0.1) is 0 Å². The molecule has 0 aliphatic carbocycles. The summed E-state index contributed by atoms with van der Waals surface area (Å²) in [5.41, 5.74) is 0.479. The Hall–Kier alpha value is -1.92. The van der Waals surface area contributed by atoms with Crippen molar-refractivity contribution in [2.24, 2.45) is 0 Å². The Morgan fingerprint density at radius 2 is 1.86 bits per heavy atom. The van der Waals surface area contributed by atoms with Crippen LogP contribution in [0.25, 0.3) is 0 Å². The predicted octanol–water partition coefficient (Wildman–Crippen LogP) is 3.09. The number of aliphatic hydroxyl groups excluding tert-OH is 1. The van der Waals surface area contributed by atoms with E-state index in [-0.39, 0.29) is 18.9 Å². The second-order valence-electron chi connectivity index (χ2n) is 8.19. The topological polar surface area (TPSA) is 81.0 Å². The van der Waals surface area contributed by atoms with E-state index in [4.69, 9.17) is 11.6 Å². The van der Waals surface area contributed by atoms with Gasteiger partial charge in [-0.3, -0.25) is 4.79 Å². The highest BCUT2D eigenvalue weighted by atomic mass is 35.5. The first-order chi connectivity index (χ1) is 13.0. The number of hydrogen-bond donors (Lipinski definition) is 3. The predicted molar refractivity (Wildman–Crippen MR) is 108 cm³/mol. The molecule has 2 atom stereocenters. The molecule has 1 unspecified atom stereocenters. The van der Waals surface area contributed by atoms with E-state index in [9.17, 15) is 20.1 Å². The van der Waals surface area contributed by atoms with Gasteiger partial charge in [-0.05, 0) is 55.7 Å². The van der Waals surface area contributed by atoms with E-state index in [1.54, 1.807) is 56.0 Å². The van der Waals surface area contributed by atoms with Crippen molar-refractivity contribution in [1.82, 2.24) is 4.90 Å². The third-order valence-electron chi connectivity index (χ3n) is 5.65. The fourth-order valence-corrected chi connectivity index (χ4v) is 3.67. The van der Waals surface area contributed by atoms with Crippen LogP contribution >= 0.6 is 11.6 Å². The van der Waals surface area contributed by atoms with Gasteiger partial charge in [0.25, 0.3) is 5.91 Å². The Morgan fingerprint density at radius 1 is 1.14 bits per heavy atom. The Kier molecular flexibility index (Phi) is 5.56. The molecule has 5 nitrogen and oxygen atoms in total. The zero-order valence-electron chi connectivity index (χ0n) is 16.3. The van der Waals surface area contributed by atoms with Crippen molar-refractivity contribution in [1.29, 1.82) is 0 Å². The molecule has 3 N–H and O–H groups in total. The number of benzene rings is 2. The zero-order valence-corrected chi connectivity index (χ0v) is 17.1. The van der Waals surface area contributed by atoms with Crippen LogP contribution in [0, 0.1) is 0 Å². The summed E-state index contributed by atoms with van der Waals surface area (Å²) in [5.74, 6) is -0.144. The molecule has 2 aromatic carbocycles. The fourth-order valence-electron chi connectivity index (χ4n) is 3.47. The molecule has 0 aromatic heterocycles. The summed E-state index contributed by atoms with van der Waals surface area (Å²) < 4.78 is 0. The maximum absolute atomic E-state index is 12.9. The Morgan fingerprint density at radius 3 is 2.46 bits per heavy atom. The minimum Gasteiger partial charge on any atom is -0.394 e. The number of carbonyl (C=O) groups excluding carboxylic acids is 1. The third kappa shape index (κ3) is 3.94. The van der Waals surface area contributed by atoms with Gasteiger partial charge in [-0.2, -0.15) is 0 Å². The van der Waals surface area contributed by atoms with Gasteiger partial charge in [0.2, 0.25) is 0 Å². The summed E-state index contributed by atoms with van der Waals surface area (Å²) in [6.07, 6.45) is 0.260. The standard InChI is InChI=1S/C22H26ClNO4/c1-21(2,27)22(3,28)11-14-7-8-18-16(9-14)12-24(20(18)26)19(13-25)15-5-4-6-17(23)10-15/h4-10,19,25,27-28H,11-13H2,1-3H3/t19?,22-/m0/s1. The Labute approximate surface area is 170 Å². The van der Waals surface area contributed by atoms with E-state index >= 15 is 0 Å². The molecule has 0 bridgehead atoms. The molecule has 1 aliphatic rings. The van der Waals surface area contributed by atoms with Gasteiger partial charge < -0.3 is 20.2 Å². The SMILES string of the molecule is CC(C)(O)[C@@](C)(O)Cc1ccc2c(c1)CN(C(CO)c1cccc(Cl)c1)C2=O. The van der Waals surface area contributed by atoms with Gasteiger partial charge in [0.15, 0.2) is 0 Å². The van der Waals surface area contributed by atoms with Crippen LogP contribution in [0.4, 0.5) is 0 Å². The van der Waals surface area contributed by atoms with Crippen LogP contribution in [0.3, 0.4) is 0 Å². The number of nitrogens with zero attached hydrogens (tertiary/aromatic N) is 1. The number of amides is 1. The van der Waals surface area contributed by atoms with E-state index in [1.807, 2.05) is 12.1 Å². The molecule has 0 fully saturated rings. The van der Waals surface area contributed by atoms with Gasteiger partial charge in [0, 0.05) is 23.6 Å². The molecule has 1 aliphatic heterocycles. The smallest absolute Gasteiger partial charge is 0.255 e. The minimum absolute atomic E-state index is 0.144. The normalized spacial score (nSPS) is 17.4. The summed E-state index contributed by atoms with van der Waals surface area (Å²) in [4.78, 5) is 14.5. The van der Waals surface area contributed by atoms with Crippen LogP contribution in [0.5, 0.6) is 0 Å². The lowest BCUT2D eigenvalue weighted by Crippen LogP contribution is -2.49. The quantitative estimate of drug-likeness (QED) is 0.692. The van der Waals surface area contributed by atoms with Crippen molar-refractivity contribution >= 4 is 17.5 Å². The second kappa shape index (κ2) is 7.48. The van der Waals surface area contributed by atoms with Crippen molar-refractivity contribution in [2.45, 2.75) is 51.0 Å². The zero-order chi connectivity index (χ0) is 20.7. The molecule has 0 spiro atoms. The number of carbonyl (C=O) groups is 1. The molecule has 150 valence electrons. The summed E-state index contributed by atoms with van der Waals surface area (Å²) in [5, 5.41) is 31.3. The first kappa shape index (κ1) is 20.8. The van der Waals surface area contributed by atoms with Crippen LogP contribution in [0.1, 0.15) is 53.9 Å². The average molecular weight is 404 g/mol. The van der Waals surface area contributed by atoms with Gasteiger partial charge in [-0.1, -0.05) is 35.9 Å². The lowest BCUT2D eigenvalue weighted by molar-refractivity contribution is -0.118. The van der Waals surface area contributed by atoms with Crippen LogP contribution in [0.15, 0.2) is 42.5 Å². The monoisotopic (exact) mass is 403 g/mol. The largest absolute Gasteiger partial charge is 0.394 e. The molecule has 0 saturated heterocycles. The number of halogens is 1. The molecule has 6 heteroatoms. The highest BCUT2D eigenvalue weighted by Gasteiger charge is 2.38. The Balaban J connectivity index is 1.86. The van der Waals surface area contributed by atoms with Gasteiger partial charge in [-0.25, -0.2) is 0 Å². The van der Waals surface area contributed by atoms with Crippen molar-refractivity contribution in [3.63, 3.8) is 0 Å². The molecule has 2 aromatic rings. The molecule has 1 heterocycles. The van der Waals surface area contributed by atoms with Crippen molar-refractivity contribution in [3.05, 3.63) is 69.7 Å². The first-order valence-electron chi connectivity index (χ1n) is 9.27. The van der Waals surface area contributed by atoms with Crippen molar-refractivity contribution in [2.75, 3.05) is 6.61 Å². The maximum atomic E-state index is 12.9. The van der Waals surface area contributed by atoms with Gasteiger partial charge in [0.05, 0.1) is 23.9 Å². The Bertz CT molecular complexity index is 888. The maximum Gasteiger partial charge on any atom is 0.255 e. The molecular formula is C22H26ClNO4. The van der Waals surface area contributed by atoms with Crippen molar-refractivity contribution < 1.29 is 20.1 Å². The lowest BCUT2D eigenvalue weighted by Gasteiger charge is -2.35. The molecule has 3 rings (SSSR count). The van der Waals surface area contributed by atoms with E-state index in [1.165, 1.54) is 0 Å². The van der Waals surface area contributed by atoms with Crippen LogP contribution in [-0.2, 0) is 13.0 Å². The van der Waals surface area contributed by atoms with Crippen LogP contribution in [0.2, 0.25) is 5.02 Å². The van der Waals surface area contributed by atoms with Gasteiger partial charge >= 0.3 is 0 Å². The number of rotatable bonds is 6. The highest BCUT2D eigenvalue weighted by Crippen LogP contribution is 2.34. The van der Waals surface area contributed by atoms with E-state index < -0.39 is 17.2 Å².